The molecule has 1 N–H and O–H groups in total. The highest BCUT2D eigenvalue weighted by Gasteiger charge is 2.80. The van der Waals surface area contributed by atoms with Gasteiger partial charge in [-0.3, -0.25) is 14.4 Å². The van der Waals surface area contributed by atoms with Gasteiger partial charge >= 0.3 is 5.97 Å². The third kappa shape index (κ3) is 5.29. The molecule has 1 spiro atoms. The van der Waals surface area contributed by atoms with Crippen LogP contribution in [0.1, 0.15) is 52.4 Å². The fraction of sp³-hybridized carbons (Fsp3) is 0.514. The van der Waals surface area contributed by atoms with Crippen molar-refractivity contribution in [2.24, 2.45) is 17.8 Å². The zero-order chi connectivity index (χ0) is 30.8. The Balaban J connectivity index is 1.54. The van der Waals surface area contributed by atoms with Crippen molar-refractivity contribution in [3.63, 3.8) is 0 Å². The van der Waals surface area contributed by atoms with Crippen LogP contribution in [0.3, 0.4) is 0 Å². The molecule has 3 aliphatic rings. The molecule has 3 heterocycles. The van der Waals surface area contributed by atoms with E-state index in [9.17, 15) is 19.5 Å². The number of hydrogen-bond acceptors (Lipinski definition) is 6. The Morgan fingerprint density at radius 2 is 1.88 bits per heavy atom. The summed E-state index contributed by atoms with van der Waals surface area (Å²) in [5.74, 6) is -2.61. The number of ether oxygens (including phenoxy) is 2. The molecule has 230 valence electrons. The Morgan fingerprint density at radius 3 is 2.60 bits per heavy atom. The van der Waals surface area contributed by atoms with Crippen LogP contribution in [0, 0.1) is 17.8 Å². The smallest absolute Gasteiger partial charge is 0.312 e. The summed E-state index contributed by atoms with van der Waals surface area (Å²) in [5, 5.41) is 11.4. The summed E-state index contributed by atoms with van der Waals surface area (Å²) >= 11 is 0. The van der Waals surface area contributed by atoms with Gasteiger partial charge in [0.25, 0.3) is 5.91 Å². The molecule has 0 aromatic heterocycles. The number of nitrogens with zero attached hydrogens (tertiary/aromatic N) is 2. The van der Waals surface area contributed by atoms with Crippen molar-refractivity contribution in [3.05, 3.63) is 67.8 Å². The first-order valence-corrected chi connectivity index (χ1v) is 15.5. The Bertz CT molecular complexity index is 1390. The molecule has 3 unspecified atom stereocenters. The predicted molar refractivity (Wildman–Crippen MR) is 166 cm³/mol. The zero-order valence-corrected chi connectivity index (χ0v) is 25.4. The SMILES string of the molecule is C=CCCCOC(=O)[C@@H]1[C@H]2C(=O)N(CCCCCO)C(C(=O)N(CC=C)c3ccc4ccccc4c3)C23CC(C)[C@@]1(C)O3. The molecule has 5 rings (SSSR count). The molecule has 43 heavy (non-hydrogen) atoms. The summed E-state index contributed by atoms with van der Waals surface area (Å²) in [5.41, 5.74) is -1.37. The molecule has 3 aliphatic heterocycles. The number of benzene rings is 2. The topological polar surface area (TPSA) is 96.4 Å². The van der Waals surface area contributed by atoms with Crippen molar-refractivity contribution in [3.8, 4) is 0 Å². The van der Waals surface area contributed by atoms with Gasteiger partial charge < -0.3 is 24.4 Å². The summed E-state index contributed by atoms with van der Waals surface area (Å²) in [6, 6.07) is 12.9. The van der Waals surface area contributed by atoms with E-state index in [2.05, 4.69) is 13.2 Å². The number of esters is 1. The number of likely N-dealkylation sites (tertiary alicyclic amines) is 1. The number of allylic oxidation sites excluding steroid dienone is 1. The van der Waals surface area contributed by atoms with E-state index in [1.54, 1.807) is 22.0 Å². The second kappa shape index (κ2) is 12.6. The van der Waals surface area contributed by atoms with E-state index in [1.807, 2.05) is 56.3 Å². The standard InChI is InChI=1S/C35H44N2O6/c1-5-7-13-21-42-33(41)29-28-31(39)37(19-11-8-12-20-38)30(35(28)23-24(3)34(29,4)43-35)32(40)36(18-6-2)27-17-16-25-14-9-10-15-26(25)22-27/h5-6,9-10,14-17,22,24,28-30,38H,1-2,7-8,11-13,18-21,23H2,3-4H3/t24?,28-,29-,30?,34+,35?/m0/s1. The van der Waals surface area contributed by atoms with Gasteiger partial charge in [0.15, 0.2) is 0 Å². The van der Waals surface area contributed by atoms with E-state index >= 15 is 0 Å². The Kier molecular flexibility index (Phi) is 9.09. The number of carbonyl (C=O) groups is 3. The third-order valence-corrected chi connectivity index (χ3v) is 9.78. The van der Waals surface area contributed by atoms with Gasteiger partial charge in [0.2, 0.25) is 5.91 Å². The van der Waals surface area contributed by atoms with Gasteiger partial charge in [-0.05, 0) is 74.3 Å². The Morgan fingerprint density at radius 1 is 1.12 bits per heavy atom. The van der Waals surface area contributed by atoms with Crippen LogP contribution in [0.2, 0.25) is 0 Å². The van der Waals surface area contributed by atoms with E-state index in [0.29, 0.717) is 44.3 Å². The second-order valence-electron chi connectivity index (χ2n) is 12.4. The Hall–Kier alpha value is -3.49. The van der Waals surface area contributed by atoms with Crippen LogP contribution in [-0.2, 0) is 23.9 Å². The lowest BCUT2D eigenvalue weighted by Gasteiger charge is -2.37. The van der Waals surface area contributed by atoms with Crippen LogP contribution in [0.15, 0.2) is 67.8 Å². The first-order valence-electron chi connectivity index (χ1n) is 15.5. The third-order valence-electron chi connectivity index (χ3n) is 9.78. The van der Waals surface area contributed by atoms with Crippen LogP contribution in [-0.4, -0.2) is 71.3 Å². The van der Waals surface area contributed by atoms with Crippen LogP contribution in [0.25, 0.3) is 10.8 Å². The molecule has 2 bridgehead atoms. The van der Waals surface area contributed by atoms with Crippen molar-refractivity contribution in [2.75, 3.05) is 31.2 Å². The number of hydrogen-bond donors (Lipinski definition) is 1. The highest BCUT2D eigenvalue weighted by atomic mass is 16.6. The lowest BCUT2D eigenvalue weighted by Crippen LogP contribution is -2.57. The molecule has 3 saturated heterocycles. The van der Waals surface area contributed by atoms with Crippen molar-refractivity contribution < 1.29 is 29.0 Å². The van der Waals surface area contributed by atoms with Crippen LogP contribution in [0.4, 0.5) is 5.69 Å². The molecular weight excluding hydrogens is 544 g/mol. The first-order chi connectivity index (χ1) is 20.7. The number of carbonyl (C=O) groups excluding carboxylic acids is 3. The Labute approximate surface area is 254 Å². The van der Waals surface area contributed by atoms with Crippen LogP contribution in [0.5, 0.6) is 0 Å². The van der Waals surface area contributed by atoms with Crippen LogP contribution < -0.4 is 4.90 Å². The maximum atomic E-state index is 14.8. The molecule has 0 saturated carbocycles. The maximum Gasteiger partial charge on any atom is 0.312 e. The minimum atomic E-state index is -1.15. The van der Waals surface area contributed by atoms with E-state index < -0.39 is 35.0 Å². The molecule has 6 atom stereocenters. The lowest BCUT2D eigenvalue weighted by molar-refractivity contribution is -0.161. The van der Waals surface area contributed by atoms with Crippen molar-refractivity contribution >= 4 is 34.2 Å². The fourth-order valence-corrected chi connectivity index (χ4v) is 7.62. The molecule has 8 nitrogen and oxygen atoms in total. The molecule has 8 heteroatoms. The average molecular weight is 589 g/mol. The van der Waals surface area contributed by atoms with Crippen molar-refractivity contribution in [1.82, 2.24) is 4.90 Å². The number of unbranched alkanes of at least 4 members (excludes halogenated alkanes) is 3. The molecule has 2 aromatic rings. The number of aliphatic hydroxyl groups is 1. The van der Waals surface area contributed by atoms with E-state index in [4.69, 9.17) is 9.47 Å². The number of amides is 2. The van der Waals surface area contributed by atoms with E-state index in [1.165, 1.54) is 0 Å². The molecule has 0 aliphatic carbocycles. The number of anilines is 1. The number of rotatable bonds is 14. The van der Waals surface area contributed by atoms with Crippen LogP contribution >= 0.6 is 0 Å². The highest BCUT2D eigenvalue weighted by Crippen LogP contribution is 2.65. The van der Waals surface area contributed by atoms with Gasteiger partial charge in [-0.25, -0.2) is 0 Å². The maximum absolute atomic E-state index is 14.8. The lowest BCUT2D eigenvalue weighted by atomic mass is 9.62. The van der Waals surface area contributed by atoms with E-state index in [-0.39, 0.29) is 37.5 Å². The van der Waals surface area contributed by atoms with Gasteiger partial charge in [0.05, 0.1) is 18.1 Å². The molecule has 2 amide bonds. The molecule has 3 fully saturated rings. The summed E-state index contributed by atoms with van der Waals surface area (Å²) in [4.78, 5) is 46.2. The minimum absolute atomic E-state index is 0.0662. The predicted octanol–water partition coefficient (Wildman–Crippen LogP) is 5.04. The molecule has 0 radical (unpaired) electrons. The number of fused-ring (bicyclic) bond motifs is 2. The molecular formula is C35H44N2O6. The zero-order valence-electron chi connectivity index (χ0n) is 25.4. The van der Waals surface area contributed by atoms with Gasteiger partial charge in [-0.1, -0.05) is 49.4 Å². The fourth-order valence-electron chi connectivity index (χ4n) is 7.62. The summed E-state index contributed by atoms with van der Waals surface area (Å²) in [6.45, 7) is 12.5. The summed E-state index contributed by atoms with van der Waals surface area (Å²) in [7, 11) is 0. The monoisotopic (exact) mass is 588 g/mol. The van der Waals surface area contributed by atoms with Crippen molar-refractivity contribution in [1.29, 1.82) is 0 Å². The average Bonchev–Trinajstić information content (AvgIpc) is 3.52. The normalized spacial score (nSPS) is 29.1. The van der Waals surface area contributed by atoms with Gasteiger partial charge in [0, 0.05) is 25.4 Å². The largest absolute Gasteiger partial charge is 0.465 e. The molecule has 2 aromatic carbocycles. The van der Waals surface area contributed by atoms with Crippen molar-refractivity contribution in [2.45, 2.75) is 69.6 Å². The van der Waals surface area contributed by atoms with Gasteiger partial charge in [-0.15, -0.1) is 13.2 Å². The highest BCUT2D eigenvalue weighted by molar-refractivity contribution is 6.05. The minimum Gasteiger partial charge on any atom is -0.465 e. The number of aliphatic hydroxyl groups excluding tert-OH is 1. The second-order valence-corrected chi connectivity index (χ2v) is 12.4. The summed E-state index contributed by atoms with van der Waals surface area (Å²) < 4.78 is 12.6. The quantitative estimate of drug-likeness (QED) is 0.189. The van der Waals surface area contributed by atoms with E-state index in [0.717, 1.165) is 17.2 Å². The summed E-state index contributed by atoms with van der Waals surface area (Å²) in [6.07, 6.45) is 7.28. The first kappa shape index (κ1) is 31.0. The van der Waals surface area contributed by atoms with Gasteiger partial charge in [-0.2, -0.15) is 0 Å². The van der Waals surface area contributed by atoms with Gasteiger partial charge in [0.1, 0.15) is 17.6 Å².